The Morgan fingerprint density at radius 1 is 1.33 bits per heavy atom. The van der Waals surface area contributed by atoms with Crippen LogP contribution in [0.15, 0.2) is 30.3 Å². The number of carbonyl (C=O) groups is 1. The number of hydrogen-bond acceptors (Lipinski definition) is 3. The van der Waals surface area contributed by atoms with E-state index in [4.69, 9.17) is 16.3 Å². The molecular formula is C17H18ClNO2. The smallest absolute Gasteiger partial charge is 0.357 e. The molecule has 0 radical (unpaired) electrons. The third kappa shape index (κ3) is 3.18. The van der Waals surface area contributed by atoms with Gasteiger partial charge in [-0.25, -0.2) is 9.78 Å². The Kier molecular flexibility index (Phi) is 4.11. The van der Waals surface area contributed by atoms with Crippen LogP contribution in [0, 0.1) is 5.92 Å². The molecule has 1 saturated carbocycles. The number of hydrogen-bond donors (Lipinski definition) is 0. The number of para-hydroxylation sites is 1. The average Bonchev–Trinajstić information content (AvgIpc) is 2.47. The molecule has 0 aliphatic heterocycles. The van der Waals surface area contributed by atoms with E-state index >= 15 is 0 Å². The Bertz CT molecular complexity index is 671. The monoisotopic (exact) mass is 303 g/mol. The molecule has 0 spiro atoms. The highest BCUT2D eigenvalue weighted by Crippen LogP contribution is 2.27. The van der Waals surface area contributed by atoms with Crippen LogP contribution in [0.4, 0.5) is 0 Å². The second-order valence-electron chi connectivity index (χ2n) is 5.81. The predicted molar refractivity (Wildman–Crippen MR) is 83.6 cm³/mol. The van der Waals surface area contributed by atoms with E-state index in [0.717, 1.165) is 24.6 Å². The van der Waals surface area contributed by atoms with E-state index in [9.17, 15) is 4.79 Å². The van der Waals surface area contributed by atoms with Gasteiger partial charge in [0.2, 0.25) is 0 Å². The molecule has 3 rings (SSSR count). The summed E-state index contributed by atoms with van der Waals surface area (Å²) in [4.78, 5) is 16.6. The Morgan fingerprint density at radius 3 is 2.95 bits per heavy atom. The van der Waals surface area contributed by atoms with Crippen LogP contribution >= 0.6 is 11.6 Å². The van der Waals surface area contributed by atoms with Crippen molar-refractivity contribution in [3.63, 3.8) is 0 Å². The molecule has 1 aliphatic carbocycles. The number of fused-ring (bicyclic) bond motifs is 1. The number of carbonyl (C=O) groups excluding carboxylic acids is 1. The molecule has 0 N–H and O–H groups in total. The van der Waals surface area contributed by atoms with Gasteiger partial charge in [0.05, 0.1) is 10.5 Å². The standard InChI is InChI=1S/C17H18ClNO2/c1-11-5-4-6-12(9-11)21-17(20)16-10-14(18)13-7-2-3-8-15(13)19-16/h2-3,7-8,10-12H,4-6,9H2,1H3. The van der Waals surface area contributed by atoms with Crippen molar-refractivity contribution >= 4 is 28.5 Å². The summed E-state index contributed by atoms with van der Waals surface area (Å²) in [6, 6.07) is 9.11. The maximum absolute atomic E-state index is 12.3. The molecule has 1 aliphatic rings. The summed E-state index contributed by atoms with van der Waals surface area (Å²) in [6.07, 6.45) is 4.22. The van der Waals surface area contributed by atoms with Crippen LogP contribution in [0.1, 0.15) is 43.1 Å². The summed E-state index contributed by atoms with van der Waals surface area (Å²) in [7, 11) is 0. The molecule has 2 aromatic rings. The summed E-state index contributed by atoms with van der Waals surface area (Å²) in [5.41, 5.74) is 1.01. The fraction of sp³-hybridized carbons (Fsp3) is 0.412. The highest BCUT2D eigenvalue weighted by molar-refractivity contribution is 6.35. The maximum atomic E-state index is 12.3. The summed E-state index contributed by atoms with van der Waals surface area (Å²) in [6.45, 7) is 2.20. The first-order chi connectivity index (χ1) is 10.1. The summed E-state index contributed by atoms with van der Waals surface area (Å²) < 4.78 is 5.59. The summed E-state index contributed by atoms with van der Waals surface area (Å²) in [5, 5.41) is 1.38. The number of ether oxygens (including phenoxy) is 1. The van der Waals surface area contributed by atoms with E-state index in [1.807, 2.05) is 24.3 Å². The molecule has 110 valence electrons. The third-order valence-electron chi connectivity index (χ3n) is 4.04. The SMILES string of the molecule is CC1CCCC(OC(=O)c2cc(Cl)c3ccccc3n2)C1. The third-order valence-corrected chi connectivity index (χ3v) is 4.35. The van der Waals surface area contributed by atoms with Gasteiger partial charge in [-0.3, -0.25) is 0 Å². The summed E-state index contributed by atoms with van der Waals surface area (Å²) >= 11 is 6.22. The number of halogens is 1. The van der Waals surface area contributed by atoms with Gasteiger partial charge in [-0.2, -0.15) is 0 Å². The van der Waals surface area contributed by atoms with Gasteiger partial charge in [-0.15, -0.1) is 0 Å². The van der Waals surface area contributed by atoms with E-state index in [1.165, 1.54) is 6.42 Å². The maximum Gasteiger partial charge on any atom is 0.357 e. The number of aromatic nitrogens is 1. The molecule has 21 heavy (non-hydrogen) atoms. The average molecular weight is 304 g/mol. The number of benzene rings is 1. The molecule has 0 saturated heterocycles. The van der Waals surface area contributed by atoms with Crippen LogP contribution in [0.3, 0.4) is 0 Å². The molecule has 1 fully saturated rings. The fourth-order valence-corrected chi connectivity index (χ4v) is 3.20. The largest absolute Gasteiger partial charge is 0.458 e. The topological polar surface area (TPSA) is 39.2 Å². The molecular weight excluding hydrogens is 286 g/mol. The lowest BCUT2D eigenvalue weighted by atomic mass is 9.89. The van der Waals surface area contributed by atoms with Crippen molar-refractivity contribution in [2.45, 2.75) is 38.7 Å². The fourth-order valence-electron chi connectivity index (χ4n) is 2.93. The molecule has 2 unspecified atom stereocenters. The molecule has 1 aromatic heterocycles. The first-order valence-corrected chi connectivity index (χ1v) is 7.77. The van der Waals surface area contributed by atoms with Crippen LogP contribution in [0.2, 0.25) is 5.02 Å². The molecule has 1 heterocycles. The van der Waals surface area contributed by atoms with Crippen molar-refractivity contribution in [2.24, 2.45) is 5.92 Å². The van der Waals surface area contributed by atoms with Gasteiger partial charge >= 0.3 is 5.97 Å². The quantitative estimate of drug-likeness (QED) is 0.760. The lowest BCUT2D eigenvalue weighted by Gasteiger charge is -2.26. The Hall–Kier alpha value is -1.61. The normalized spacial score (nSPS) is 22.2. The molecule has 3 nitrogen and oxygen atoms in total. The van der Waals surface area contributed by atoms with Crippen LogP contribution in [0.5, 0.6) is 0 Å². The molecule has 2 atom stereocenters. The Balaban J connectivity index is 1.81. The van der Waals surface area contributed by atoms with Crippen LogP contribution < -0.4 is 0 Å². The van der Waals surface area contributed by atoms with E-state index < -0.39 is 0 Å². The van der Waals surface area contributed by atoms with E-state index in [-0.39, 0.29) is 17.8 Å². The van der Waals surface area contributed by atoms with Gasteiger partial charge in [-0.05, 0) is 37.3 Å². The Labute approximate surface area is 129 Å². The minimum Gasteiger partial charge on any atom is -0.458 e. The minimum atomic E-state index is -0.373. The second-order valence-corrected chi connectivity index (χ2v) is 6.21. The number of rotatable bonds is 2. The van der Waals surface area contributed by atoms with E-state index in [0.29, 0.717) is 16.5 Å². The van der Waals surface area contributed by atoms with Crippen molar-refractivity contribution in [3.8, 4) is 0 Å². The lowest BCUT2D eigenvalue weighted by molar-refractivity contribution is 0.0149. The summed E-state index contributed by atoms with van der Waals surface area (Å²) in [5.74, 6) is 0.242. The molecule has 0 bridgehead atoms. The number of esters is 1. The van der Waals surface area contributed by atoms with Gasteiger partial charge in [-0.1, -0.05) is 43.1 Å². The first kappa shape index (κ1) is 14.3. The lowest BCUT2D eigenvalue weighted by Crippen LogP contribution is -2.25. The minimum absolute atomic E-state index is 0.00768. The van der Waals surface area contributed by atoms with Gasteiger partial charge in [0.15, 0.2) is 5.69 Å². The zero-order chi connectivity index (χ0) is 14.8. The zero-order valence-electron chi connectivity index (χ0n) is 12.0. The van der Waals surface area contributed by atoms with E-state index in [1.54, 1.807) is 6.07 Å². The van der Waals surface area contributed by atoms with Crippen molar-refractivity contribution in [1.82, 2.24) is 4.98 Å². The molecule has 1 aromatic carbocycles. The predicted octanol–water partition coefficient (Wildman–Crippen LogP) is 4.62. The Morgan fingerprint density at radius 2 is 2.14 bits per heavy atom. The highest BCUT2D eigenvalue weighted by Gasteiger charge is 2.23. The van der Waals surface area contributed by atoms with Crippen molar-refractivity contribution in [1.29, 1.82) is 0 Å². The van der Waals surface area contributed by atoms with Crippen molar-refractivity contribution < 1.29 is 9.53 Å². The molecule has 4 heteroatoms. The second kappa shape index (κ2) is 6.02. The van der Waals surface area contributed by atoms with Gasteiger partial charge in [0.25, 0.3) is 0 Å². The van der Waals surface area contributed by atoms with Crippen molar-refractivity contribution in [2.75, 3.05) is 0 Å². The van der Waals surface area contributed by atoms with E-state index in [2.05, 4.69) is 11.9 Å². The highest BCUT2D eigenvalue weighted by atomic mass is 35.5. The van der Waals surface area contributed by atoms with Crippen LogP contribution in [0.25, 0.3) is 10.9 Å². The van der Waals surface area contributed by atoms with Crippen LogP contribution in [-0.2, 0) is 4.74 Å². The number of pyridine rings is 1. The number of nitrogens with zero attached hydrogens (tertiary/aromatic N) is 1. The van der Waals surface area contributed by atoms with Crippen molar-refractivity contribution in [3.05, 3.63) is 41.0 Å². The first-order valence-electron chi connectivity index (χ1n) is 7.40. The van der Waals surface area contributed by atoms with Gasteiger partial charge < -0.3 is 4.74 Å². The molecule has 0 amide bonds. The van der Waals surface area contributed by atoms with Crippen LogP contribution in [-0.4, -0.2) is 17.1 Å². The zero-order valence-corrected chi connectivity index (χ0v) is 12.8. The van der Waals surface area contributed by atoms with Gasteiger partial charge in [0, 0.05) is 5.39 Å². The van der Waals surface area contributed by atoms with Gasteiger partial charge in [0.1, 0.15) is 6.10 Å².